The van der Waals surface area contributed by atoms with Crippen molar-refractivity contribution in [3.8, 4) is 0 Å². The number of hydrogen-bond donors (Lipinski definition) is 1. The molecule has 0 atom stereocenters. The highest BCUT2D eigenvalue weighted by molar-refractivity contribution is 7.80. The molecule has 0 saturated carbocycles. The molecule has 0 radical (unpaired) electrons. The van der Waals surface area contributed by atoms with Gasteiger partial charge in [0.1, 0.15) is 0 Å². The second-order valence-corrected chi connectivity index (χ2v) is 3.59. The Morgan fingerprint density at radius 1 is 1.21 bits per heavy atom. The number of benzene rings is 1. The standard InChI is InChI=1S/C11H15NOS/c12-11(14)7-9-13-8-6-10-4-2-1-3-5-10/h1-5H,6-9H2,(H2,12,14). The van der Waals surface area contributed by atoms with Gasteiger partial charge in [0.2, 0.25) is 0 Å². The molecular weight excluding hydrogens is 194 g/mol. The van der Waals surface area contributed by atoms with Gasteiger partial charge in [-0.15, -0.1) is 0 Å². The normalized spacial score (nSPS) is 10.0. The van der Waals surface area contributed by atoms with Gasteiger partial charge in [-0.2, -0.15) is 0 Å². The van der Waals surface area contributed by atoms with Crippen molar-refractivity contribution in [3.05, 3.63) is 35.9 Å². The summed E-state index contributed by atoms with van der Waals surface area (Å²) in [5, 5.41) is 0. The number of ether oxygens (including phenoxy) is 1. The molecular formula is C11H15NOS. The molecule has 0 spiro atoms. The lowest BCUT2D eigenvalue weighted by atomic mass is 10.2. The highest BCUT2D eigenvalue weighted by Gasteiger charge is 1.93. The van der Waals surface area contributed by atoms with E-state index in [2.05, 4.69) is 12.1 Å². The molecule has 0 amide bonds. The molecule has 0 saturated heterocycles. The van der Waals surface area contributed by atoms with Crippen molar-refractivity contribution in [2.75, 3.05) is 13.2 Å². The zero-order chi connectivity index (χ0) is 10.2. The van der Waals surface area contributed by atoms with E-state index in [1.165, 1.54) is 5.56 Å². The van der Waals surface area contributed by atoms with Crippen LogP contribution in [-0.4, -0.2) is 18.2 Å². The smallest absolute Gasteiger partial charge is 0.0750 e. The summed E-state index contributed by atoms with van der Waals surface area (Å²) in [4.78, 5) is 0.518. The fraction of sp³-hybridized carbons (Fsp3) is 0.364. The Kier molecular flexibility index (Phi) is 5.19. The van der Waals surface area contributed by atoms with Crippen LogP contribution in [0.3, 0.4) is 0 Å². The molecule has 0 aliphatic carbocycles. The summed E-state index contributed by atoms with van der Waals surface area (Å²) in [6.45, 7) is 1.36. The largest absolute Gasteiger partial charge is 0.393 e. The minimum atomic E-state index is 0.518. The molecule has 76 valence electrons. The second kappa shape index (κ2) is 6.51. The third kappa shape index (κ3) is 4.94. The molecule has 0 bridgehead atoms. The average Bonchev–Trinajstić information content (AvgIpc) is 2.18. The van der Waals surface area contributed by atoms with Crippen molar-refractivity contribution in [1.82, 2.24) is 0 Å². The number of hydrogen-bond acceptors (Lipinski definition) is 2. The second-order valence-electron chi connectivity index (χ2n) is 3.06. The Bertz CT molecular complexity index is 274. The van der Waals surface area contributed by atoms with Gasteiger partial charge in [-0.1, -0.05) is 42.5 Å². The zero-order valence-electron chi connectivity index (χ0n) is 8.11. The van der Waals surface area contributed by atoms with E-state index in [-0.39, 0.29) is 0 Å². The molecule has 2 N–H and O–H groups in total. The molecule has 0 aliphatic rings. The SMILES string of the molecule is NC(=S)CCOCCc1ccccc1. The average molecular weight is 209 g/mol. The Hall–Kier alpha value is -0.930. The van der Waals surface area contributed by atoms with Crippen LogP contribution in [0.15, 0.2) is 30.3 Å². The van der Waals surface area contributed by atoms with E-state index in [1.807, 2.05) is 18.2 Å². The van der Waals surface area contributed by atoms with Crippen LogP contribution in [-0.2, 0) is 11.2 Å². The summed E-state index contributed by atoms with van der Waals surface area (Å²) in [6.07, 6.45) is 1.61. The predicted molar refractivity (Wildman–Crippen MR) is 62.4 cm³/mol. The summed E-state index contributed by atoms with van der Waals surface area (Å²) in [5.41, 5.74) is 6.63. The van der Waals surface area contributed by atoms with Crippen LogP contribution < -0.4 is 5.73 Å². The van der Waals surface area contributed by atoms with Gasteiger partial charge in [0.25, 0.3) is 0 Å². The van der Waals surface area contributed by atoms with Gasteiger partial charge in [0.15, 0.2) is 0 Å². The Morgan fingerprint density at radius 3 is 2.57 bits per heavy atom. The van der Waals surface area contributed by atoms with Crippen molar-refractivity contribution in [3.63, 3.8) is 0 Å². The van der Waals surface area contributed by atoms with Crippen molar-refractivity contribution >= 4 is 17.2 Å². The highest BCUT2D eigenvalue weighted by Crippen LogP contribution is 1.99. The van der Waals surface area contributed by atoms with Crippen LogP contribution >= 0.6 is 12.2 Å². The van der Waals surface area contributed by atoms with E-state index < -0.39 is 0 Å². The Balaban J connectivity index is 2.08. The quantitative estimate of drug-likeness (QED) is 0.574. The van der Waals surface area contributed by atoms with Crippen molar-refractivity contribution < 1.29 is 4.74 Å². The van der Waals surface area contributed by atoms with E-state index in [9.17, 15) is 0 Å². The van der Waals surface area contributed by atoms with E-state index in [1.54, 1.807) is 0 Å². The van der Waals surface area contributed by atoms with Gasteiger partial charge in [-0.3, -0.25) is 0 Å². The summed E-state index contributed by atoms with van der Waals surface area (Å²) < 4.78 is 5.38. The van der Waals surface area contributed by atoms with Gasteiger partial charge in [-0.25, -0.2) is 0 Å². The first-order valence-electron chi connectivity index (χ1n) is 4.69. The molecule has 0 aromatic heterocycles. The van der Waals surface area contributed by atoms with E-state index in [0.29, 0.717) is 18.0 Å². The minimum absolute atomic E-state index is 0.518. The van der Waals surface area contributed by atoms with Crippen LogP contribution in [0.25, 0.3) is 0 Å². The predicted octanol–water partition coefficient (Wildman–Crippen LogP) is 1.92. The van der Waals surface area contributed by atoms with Crippen molar-refractivity contribution in [2.45, 2.75) is 12.8 Å². The third-order valence-corrected chi connectivity index (χ3v) is 2.07. The molecule has 0 unspecified atom stereocenters. The van der Waals surface area contributed by atoms with Gasteiger partial charge < -0.3 is 10.5 Å². The van der Waals surface area contributed by atoms with Gasteiger partial charge in [0.05, 0.1) is 18.2 Å². The van der Waals surface area contributed by atoms with E-state index in [4.69, 9.17) is 22.7 Å². The zero-order valence-corrected chi connectivity index (χ0v) is 8.93. The van der Waals surface area contributed by atoms with Gasteiger partial charge in [0, 0.05) is 6.42 Å². The summed E-state index contributed by atoms with van der Waals surface area (Å²) in [5.74, 6) is 0. The maximum atomic E-state index is 5.38. The van der Waals surface area contributed by atoms with Crippen molar-refractivity contribution in [1.29, 1.82) is 0 Å². The summed E-state index contributed by atoms with van der Waals surface area (Å²) in [6, 6.07) is 10.3. The topological polar surface area (TPSA) is 35.2 Å². The molecule has 1 aromatic carbocycles. The molecule has 1 aromatic rings. The lowest BCUT2D eigenvalue weighted by Crippen LogP contribution is -2.11. The fourth-order valence-corrected chi connectivity index (χ4v) is 1.19. The number of nitrogens with two attached hydrogens (primary N) is 1. The van der Waals surface area contributed by atoms with Crippen molar-refractivity contribution in [2.24, 2.45) is 5.73 Å². The van der Waals surface area contributed by atoms with E-state index >= 15 is 0 Å². The maximum Gasteiger partial charge on any atom is 0.0750 e. The first kappa shape index (κ1) is 11.1. The van der Waals surface area contributed by atoms with E-state index in [0.717, 1.165) is 13.0 Å². The maximum absolute atomic E-state index is 5.38. The molecule has 1 rings (SSSR count). The van der Waals surface area contributed by atoms with Crippen LogP contribution in [0, 0.1) is 0 Å². The first-order valence-corrected chi connectivity index (χ1v) is 5.10. The summed E-state index contributed by atoms with van der Waals surface area (Å²) in [7, 11) is 0. The Labute approximate surface area is 90.1 Å². The fourth-order valence-electron chi connectivity index (χ4n) is 1.11. The van der Waals surface area contributed by atoms with Crippen LogP contribution in [0.4, 0.5) is 0 Å². The first-order chi connectivity index (χ1) is 6.79. The Morgan fingerprint density at radius 2 is 1.93 bits per heavy atom. The lowest BCUT2D eigenvalue weighted by molar-refractivity contribution is 0.144. The molecule has 0 aliphatic heterocycles. The molecule has 0 fully saturated rings. The molecule has 2 nitrogen and oxygen atoms in total. The molecule has 3 heteroatoms. The number of thiocarbonyl (C=S) groups is 1. The van der Waals surface area contributed by atoms with Gasteiger partial charge >= 0.3 is 0 Å². The van der Waals surface area contributed by atoms with Gasteiger partial charge in [-0.05, 0) is 12.0 Å². The highest BCUT2D eigenvalue weighted by atomic mass is 32.1. The monoisotopic (exact) mass is 209 g/mol. The molecule has 14 heavy (non-hydrogen) atoms. The van der Waals surface area contributed by atoms with Crippen LogP contribution in [0.2, 0.25) is 0 Å². The van der Waals surface area contributed by atoms with Crippen LogP contribution in [0.1, 0.15) is 12.0 Å². The molecule has 0 heterocycles. The summed E-state index contributed by atoms with van der Waals surface area (Å²) >= 11 is 4.74. The minimum Gasteiger partial charge on any atom is -0.393 e. The van der Waals surface area contributed by atoms with Crippen LogP contribution in [0.5, 0.6) is 0 Å². The number of rotatable bonds is 6. The lowest BCUT2D eigenvalue weighted by Gasteiger charge is -2.03. The third-order valence-electron chi connectivity index (χ3n) is 1.87.